The molecule has 152 valence electrons. The van der Waals surface area contributed by atoms with Crippen LogP contribution in [0.15, 0.2) is 91.1 Å². The average Bonchev–Trinajstić information content (AvgIpc) is 3.16. The van der Waals surface area contributed by atoms with Crippen LogP contribution in [-0.2, 0) is 0 Å². The highest BCUT2D eigenvalue weighted by Crippen LogP contribution is 2.44. The minimum absolute atomic E-state index is 0.479. The number of hydrogen-bond donors (Lipinski definition) is 0. The second-order valence-corrected chi connectivity index (χ2v) is 9.37. The maximum atomic E-state index is 4.73. The summed E-state index contributed by atoms with van der Waals surface area (Å²) < 4.78 is 1.31. The van der Waals surface area contributed by atoms with Crippen LogP contribution in [-0.4, -0.2) is 4.98 Å². The van der Waals surface area contributed by atoms with E-state index in [1.54, 1.807) is 0 Å². The van der Waals surface area contributed by atoms with E-state index >= 15 is 0 Å². The van der Waals surface area contributed by atoms with Crippen molar-refractivity contribution in [1.82, 2.24) is 4.98 Å². The smallest absolute Gasteiger partial charge is 0.0705 e. The lowest BCUT2D eigenvalue weighted by Gasteiger charge is -2.11. The second-order valence-electron chi connectivity index (χ2n) is 8.31. The average molecular weight is 420 g/mol. The Bertz CT molecular complexity index is 1350. The standard InChI is InChI=1S/C29H25NS/c1-19(2)23-14-15-30-26(17-23)24-16-25(21-10-6-4-7-11-21)28-20(3)29(31-27(28)18-24)22-12-8-5-9-13-22/h4-19H,1-3H3. The van der Waals surface area contributed by atoms with Gasteiger partial charge in [0.2, 0.25) is 0 Å². The molecular formula is C29H25NS. The van der Waals surface area contributed by atoms with Gasteiger partial charge in [0.25, 0.3) is 0 Å². The van der Waals surface area contributed by atoms with Crippen LogP contribution in [0.4, 0.5) is 0 Å². The Balaban J connectivity index is 1.79. The number of fused-ring (bicyclic) bond motifs is 1. The molecule has 0 fully saturated rings. The Morgan fingerprint density at radius 3 is 2.10 bits per heavy atom. The van der Waals surface area contributed by atoms with Crippen LogP contribution in [0.5, 0.6) is 0 Å². The number of rotatable bonds is 4. The molecule has 0 N–H and O–H groups in total. The summed E-state index contributed by atoms with van der Waals surface area (Å²) in [6, 6.07) is 30.4. The number of hydrogen-bond acceptors (Lipinski definition) is 2. The van der Waals surface area contributed by atoms with E-state index in [-0.39, 0.29) is 0 Å². The number of benzene rings is 3. The molecule has 0 bridgehead atoms. The van der Waals surface area contributed by atoms with Gasteiger partial charge in [-0.3, -0.25) is 4.98 Å². The third-order valence-electron chi connectivity index (χ3n) is 5.90. The van der Waals surface area contributed by atoms with Gasteiger partial charge in [-0.05, 0) is 64.9 Å². The van der Waals surface area contributed by atoms with Gasteiger partial charge in [0, 0.05) is 26.7 Å². The van der Waals surface area contributed by atoms with Crippen molar-refractivity contribution in [2.45, 2.75) is 26.7 Å². The van der Waals surface area contributed by atoms with Gasteiger partial charge in [0.15, 0.2) is 0 Å². The summed E-state index contributed by atoms with van der Waals surface area (Å²) in [7, 11) is 0. The highest BCUT2D eigenvalue weighted by atomic mass is 32.1. The van der Waals surface area contributed by atoms with Gasteiger partial charge in [0.1, 0.15) is 0 Å². The molecule has 0 aliphatic rings. The highest BCUT2D eigenvalue weighted by Gasteiger charge is 2.17. The van der Waals surface area contributed by atoms with Crippen molar-refractivity contribution in [2.75, 3.05) is 0 Å². The Morgan fingerprint density at radius 1 is 0.742 bits per heavy atom. The topological polar surface area (TPSA) is 12.9 Å². The molecule has 0 aliphatic heterocycles. The number of thiophene rings is 1. The van der Waals surface area contributed by atoms with Crippen molar-refractivity contribution in [3.63, 3.8) is 0 Å². The highest BCUT2D eigenvalue weighted by molar-refractivity contribution is 7.22. The summed E-state index contributed by atoms with van der Waals surface area (Å²) in [5.41, 5.74) is 8.68. The van der Waals surface area contributed by atoms with Crippen molar-refractivity contribution < 1.29 is 0 Å². The zero-order chi connectivity index (χ0) is 21.4. The van der Waals surface area contributed by atoms with Gasteiger partial charge < -0.3 is 0 Å². The van der Waals surface area contributed by atoms with Gasteiger partial charge in [-0.1, -0.05) is 74.5 Å². The molecule has 0 saturated heterocycles. The third-order valence-corrected chi connectivity index (χ3v) is 7.18. The molecule has 0 radical (unpaired) electrons. The maximum absolute atomic E-state index is 4.73. The number of nitrogens with zero attached hydrogens (tertiary/aromatic N) is 1. The summed E-state index contributed by atoms with van der Waals surface area (Å²) in [5.74, 6) is 0.479. The van der Waals surface area contributed by atoms with Gasteiger partial charge in [-0.2, -0.15) is 0 Å². The van der Waals surface area contributed by atoms with E-state index in [2.05, 4.69) is 106 Å². The maximum Gasteiger partial charge on any atom is 0.0705 e. The van der Waals surface area contributed by atoms with Gasteiger partial charge in [-0.25, -0.2) is 0 Å². The van der Waals surface area contributed by atoms with E-state index in [4.69, 9.17) is 4.98 Å². The minimum atomic E-state index is 0.479. The molecule has 0 atom stereocenters. The fourth-order valence-corrected chi connectivity index (χ4v) is 5.48. The monoisotopic (exact) mass is 419 g/mol. The van der Waals surface area contributed by atoms with E-state index < -0.39 is 0 Å². The van der Waals surface area contributed by atoms with Gasteiger partial charge >= 0.3 is 0 Å². The first kappa shape index (κ1) is 19.7. The number of pyridine rings is 1. The van der Waals surface area contributed by atoms with Crippen LogP contribution >= 0.6 is 11.3 Å². The second kappa shape index (κ2) is 8.13. The van der Waals surface area contributed by atoms with Crippen molar-refractivity contribution >= 4 is 21.4 Å². The van der Waals surface area contributed by atoms with E-state index in [0.29, 0.717) is 5.92 Å². The first-order valence-corrected chi connectivity index (χ1v) is 11.6. The van der Waals surface area contributed by atoms with E-state index in [1.807, 2.05) is 17.5 Å². The summed E-state index contributed by atoms with van der Waals surface area (Å²) in [6.45, 7) is 6.71. The molecule has 0 spiro atoms. The lowest BCUT2D eigenvalue weighted by Crippen LogP contribution is -1.91. The van der Waals surface area contributed by atoms with Gasteiger partial charge in [-0.15, -0.1) is 11.3 Å². The van der Waals surface area contributed by atoms with E-state index in [0.717, 1.165) is 5.69 Å². The van der Waals surface area contributed by atoms with Crippen LogP contribution in [0.1, 0.15) is 30.9 Å². The zero-order valence-corrected chi connectivity index (χ0v) is 18.9. The van der Waals surface area contributed by atoms with Crippen LogP contribution in [0.25, 0.3) is 42.9 Å². The summed E-state index contributed by atoms with van der Waals surface area (Å²) in [5, 5.41) is 1.35. The first-order valence-electron chi connectivity index (χ1n) is 10.8. The minimum Gasteiger partial charge on any atom is -0.256 e. The Hall–Kier alpha value is -3.23. The number of aromatic nitrogens is 1. The normalized spacial score (nSPS) is 11.4. The molecule has 2 heteroatoms. The molecule has 5 rings (SSSR count). The van der Waals surface area contributed by atoms with E-state index in [9.17, 15) is 0 Å². The molecule has 3 aromatic carbocycles. The molecule has 31 heavy (non-hydrogen) atoms. The lowest BCUT2D eigenvalue weighted by atomic mass is 9.94. The molecule has 0 unspecified atom stereocenters. The van der Waals surface area contributed by atoms with E-state index in [1.165, 1.54) is 48.3 Å². The van der Waals surface area contributed by atoms with Gasteiger partial charge in [0.05, 0.1) is 5.69 Å². The Morgan fingerprint density at radius 2 is 1.42 bits per heavy atom. The molecule has 2 aromatic heterocycles. The first-order chi connectivity index (χ1) is 15.1. The molecule has 5 aromatic rings. The molecule has 1 nitrogen and oxygen atoms in total. The SMILES string of the molecule is Cc1c(-c2ccccc2)sc2cc(-c3cc(C(C)C)ccn3)cc(-c3ccccc3)c12. The molecular weight excluding hydrogens is 394 g/mol. The van der Waals surface area contributed by atoms with Crippen molar-refractivity contribution in [3.8, 4) is 32.8 Å². The molecule has 0 aliphatic carbocycles. The van der Waals surface area contributed by atoms with Crippen LogP contribution in [0.2, 0.25) is 0 Å². The summed E-state index contributed by atoms with van der Waals surface area (Å²) in [6.07, 6.45) is 1.94. The van der Waals surface area contributed by atoms with Crippen molar-refractivity contribution in [3.05, 3.63) is 102 Å². The fourth-order valence-electron chi connectivity index (χ4n) is 4.20. The predicted octanol–water partition coefficient (Wildman–Crippen LogP) is 8.73. The summed E-state index contributed by atoms with van der Waals surface area (Å²) in [4.78, 5) is 6.07. The van der Waals surface area contributed by atoms with Crippen molar-refractivity contribution in [1.29, 1.82) is 0 Å². The number of aryl methyl sites for hydroxylation is 1. The molecule has 0 amide bonds. The Kier molecular flexibility index (Phi) is 5.17. The lowest BCUT2D eigenvalue weighted by molar-refractivity contribution is 0.864. The Labute approximate surface area is 188 Å². The quantitative estimate of drug-likeness (QED) is 0.284. The van der Waals surface area contributed by atoms with Crippen LogP contribution < -0.4 is 0 Å². The van der Waals surface area contributed by atoms with Crippen LogP contribution in [0, 0.1) is 6.92 Å². The largest absolute Gasteiger partial charge is 0.256 e. The van der Waals surface area contributed by atoms with Crippen molar-refractivity contribution in [2.24, 2.45) is 0 Å². The van der Waals surface area contributed by atoms with Crippen LogP contribution in [0.3, 0.4) is 0 Å². The molecule has 0 saturated carbocycles. The zero-order valence-electron chi connectivity index (χ0n) is 18.1. The fraction of sp³-hybridized carbons (Fsp3) is 0.138. The molecule has 2 heterocycles. The predicted molar refractivity (Wildman–Crippen MR) is 135 cm³/mol. The summed E-state index contributed by atoms with van der Waals surface area (Å²) >= 11 is 1.88. The third kappa shape index (κ3) is 3.68.